The lowest BCUT2D eigenvalue weighted by Gasteiger charge is -2.22. The van der Waals surface area contributed by atoms with Crippen LogP contribution in [0.5, 0.6) is 0 Å². The quantitative estimate of drug-likeness (QED) is 0.830. The van der Waals surface area contributed by atoms with Gasteiger partial charge in [-0.15, -0.1) is 6.42 Å². The highest BCUT2D eigenvalue weighted by Crippen LogP contribution is 2.16. The van der Waals surface area contributed by atoms with Crippen LogP contribution in [0, 0.1) is 12.3 Å². The number of amides is 1. The van der Waals surface area contributed by atoms with E-state index in [0.29, 0.717) is 11.1 Å². The molecule has 5 nitrogen and oxygen atoms in total. The molecule has 1 aromatic rings. The second kappa shape index (κ2) is 6.11. The lowest BCUT2D eigenvalue weighted by atomic mass is 10.0. The Bertz CT molecular complexity index is 552. The summed E-state index contributed by atoms with van der Waals surface area (Å²) in [6, 6.07) is 5.22. The largest absolute Gasteiger partial charge is 0.479 e. The van der Waals surface area contributed by atoms with E-state index in [9.17, 15) is 14.7 Å². The molecule has 20 heavy (non-hydrogen) atoms. The maximum atomic E-state index is 11.7. The molecule has 0 aliphatic rings. The molecule has 0 fully saturated rings. The average Bonchev–Trinajstić information content (AvgIpc) is 2.33. The van der Waals surface area contributed by atoms with Gasteiger partial charge < -0.3 is 15.2 Å². The minimum atomic E-state index is -1.21. The molecular formula is C15H17NO4. The molecule has 0 saturated carbocycles. The molecule has 2 N–H and O–H groups in total. The summed E-state index contributed by atoms with van der Waals surface area (Å²) in [4.78, 5) is 22.9. The fourth-order valence-electron chi connectivity index (χ4n) is 1.52. The van der Waals surface area contributed by atoms with Gasteiger partial charge in [0, 0.05) is 5.56 Å². The van der Waals surface area contributed by atoms with Crippen molar-refractivity contribution in [2.24, 2.45) is 0 Å². The maximum absolute atomic E-state index is 11.7. The highest BCUT2D eigenvalue weighted by Gasteiger charge is 2.25. The number of alkyl carbamates (subject to hydrolysis) is 1. The maximum Gasteiger partial charge on any atom is 0.408 e. The van der Waals surface area contributed by atoms with Gasteiger partial charge in [-0.2, -0.15) is 0 Å². The van der Waals surface area contributed by atoms with Crippen molar-refractivity contribution >= 4 is 12.1 Å². The van der Waals surface area contributed by atoms with E-state index in [1.807, 2.05) is 0 Å². The van der Waals surface area contributed by atoms with E-state index in [-0.39, 0.29) is 0 Å². The van der Waals surface area contributed by atoms with Crippen LogP contribution >= 0.6 is 0 Å². The van der Waals surface area contributed by atoms with E-state index >= 15 is 0 Å². The van der Waals surface area contributed by atoms with Crippen LogP contribution < -0.4 is 5.32 Å². The Morgan fingerprint density at radius 3 is 2.55 bits per heavy atom. The average molecular weight is 275 g/mol. The van der Waals surface area contributed by atoms with Crippen molar-refractivity contribution in [3.05, 3.63) is 35.4 Å². The third-order valence-corrected chi connectivity index (χ3v) is 2.29. The standard InChI is InChI=1S/C15H17NO4/c1-5-10-7-6-8-11(9-10)12(13(17)18)16-14(19)20-15(2,3)4/h1,6-9,12H,2-4H3,(H,16,19)(H,17,18). The molecule has 0 bridgehead atoms. The van der Waals surface area contributed by atoms with Crippen molar-refractivity contribution in [1.29, 1.82) is 0 Å². The van der Waals surface area contributed by atoms with Crippen molar-refractivity contribution in [2.75, 3.05) is 0 Å². The zero-order chi connectivity index (χ0) is 15.3. The third-order valence-electron chi connectivity index (χ3n) is 2.29. The first kappa shape index (κ1) is 15.6. The van der Waals surface area contributed by atoms with E-state index in [0.717, 1.165) is 0 Å². The first-order chi connectivity index (χ1) is 9.23. The summed E-state index contributed by atoms with van der Waals surface area (Å²) in [5, 5.41) is 11.5. The van der Waals surface area contributed by atoms with Crippen LogP contribution in [-0.4, -0.2) is 22.8 Å². The van der Waals surface area contributed by atoms with Gasteiger partial charge in [0.15, 0.2) is 6.04 Å². The predicted octanol–water partition coefficient (Wildman–Crippen LogP) is 2.32. The highest BCUT2D eigenvalue weighted by atomic mass is 16.6. The number of hydrogen-bond acceptors (Lipinski definition) is 3. The summed E-state index contributed by atoms with van der Waals surface area (Å²) >= 11 is 0. The molecule has 106 valence electrons. The Labute approximate surface area is 117 Å². The lowest BCUT2D eigenvalue weighted by Crippen LogP contribution is -2.38. The Morgan fingerprint density at radius 1 is 1.40 bits per heavy atom. The highest BCUT2D eigenvalue weighted by molar-refractivity contribution is 5.81. The summed E-state index contributed by atoms with van der Waals surface area (Å²) < 4.78 is 5.04. The van der Waals surface area contributed by atoms with Gasteiger partial charge in [0.1, 0.15) is 5.60 Å². The van der Waals surface area contributed by atoms with Gasteiger partial charge in [-0.1, -0.05) is 18.1 Å². The normalized spacial score (nSPS) is 12.1. The molecule has 0 spiro atoms. The lowest BCUT2D eigenvalue weighted by molar-refractivity contribution is -0.139. The molecule has 0 heterocycles. The molecule has 1 amide bonds. The number of terminal acetylenes is 1. The second-order valence-corrected chi connectivity index (χ2v) is 5.19. The minimum absolute atomic E-state index is 0.388. The number of aliphatic carboxylic acids is 1. The first-order valence-corrected chi connectivity index (χ1v) is 6.02. The van der Waals surface area contributed by atoms with E-state index in [4.69, 9.17) is 11.2 Å². The van der Waals surface area contributed by atoms with Crippen LogP contribution in [0.4, 0.5) is 4.79 Å². The molecule has 0 aromatic heterocycles. The van der Waals surface area contributed by atoms with Gasteiger partial charge in [0.05, 0.1) is 0 Å². The molecule has 1 rings (SSSR count). The summed E-state index contributed by atoms with van der Waals surface area (Å²) in [5.41, 5.74) is 0.229. The van der Waals surface area contributed by atoms with E-state index in [1.165, 1.54) is 6.07 Å². The van der Waals surface area contributed by atoms with Crippen LogP contribution in [0.2, 0.25) is 0 Å². The second-order valence-electron chi connectivity index (χ2n) is 5.19. The van der Waals surface area contributed by atoms with Crippen LogP contribution in [0.1, 0.15) is 37.9 Å². The van der Waals surface area contributed by atoms with Gasteiger partial charge in [0.25, 0.3) is 0 Å². The Balaban J connectivity index is 2.93. The molecule has 0 radical (unpaired) electrons. The predicted molar refractivity (Wildman–Crippen MR) is 74.1 cm³/mol. The smallest absolute Gasteiger partial charge is 0.408 e. The third kappa shape index (κ3) is 4.65. The zero-order valence-corrected chi connectivity index (χ0v) is 11.6. The summed E-state index contributed by atoms with van der Waals surface area (Å²) in [6.45, 7) is 5.09. The van der Waals surface area contributed by atoms with Crippen molar-refractivity contribution in [2.45, 2.75) is 32.4 Å². The van der Waals surface area contributed by atoms with Crippen molar-refractivity contribution < 1.29 is 19.4 Å². The first-order valence-electron chi connectivity index (χ1n) is 6.02. The Kier molecular flexibility index (Phi) is 4.76. The van der Waals surface area contributed by atoms with Crippen molar-refractivity contribution in [1.82, 2.24) is 5.32 Å². The Morgan fingerprint density at radius 2 is 2.05 bits per heavy atom. The number of nitrogens with one attached hydrogen (secondary N) is 1. The number of rotatable bonds is 3. The summed E-state index contributed by atoms with van der Waals surface area (Å²) in [7, 11) is 0. The number of carbonyl (C=O) groups excluding carboxylic acids is 1. The van der Waals surface area contributed by atoms with Crippen molar-refractivity contribution in [3.8, 4) is 12.3 Å². The number of carboxylic acid groups (broad SMARTS) is 1. The zero-order valence-electron chi connectivity index (χ0n) is 11.6. The van der Waals surface area contributed by atoms with Gasteiger partial charge >= 0.3 is 12.1 Å². The fraction of sp³-hybridized carbons (Fsp3) is 0.333. The van der Waals surface area contributed by atoms with Gasteiger partial charge in [-0.3, -0.25) is 0 Å². The molecule has 0 aliphatic heterocycles. The van der Waals surface area contributed by atoms with E-state index in [2.05, 4.69) is 11.2 Å². The fourth-order valence-corrected chi connectivity index (χ4v) is 1.52. The molecule has 0 saturated heterocycles. The van der Waals surface area contributed by atoms with Crippen LogP contribution in [0.25, 0.3) is 0 Å². The van der Waals surface area contributed by atoms with Gasteiger partial charge in [0.2, 0.25) is 0 Å². The number of hydrogen-bond donors (Lipinski definition) is 2. The molecule has 0 aliphatic carbocycles. The van der Waals surface area contributed by atoms with E-state index in [1.54, 1.807) is 39.0 Å². The number of carbonyl (C=O) groups is 2. The molecule has 5 heteroatoms. The van der Waals surface area contributed by atoms with Crippen LogP contribution in [0.3, 0.4) is 0 Å². The minimum Gasteiger partial charge on any atom is -0.479 e. The summed E-state index contributed by atoms with van der Waals surface area (Å²) in [6.07, 6.45) is 4.47. The summed E-state index contributed by atoms with van der Waals surface area (Å²) in [5.74, 6) is 1.23. The van der Waals surface area contributed by atoms with E-state index < -0.39 is 23.7 Å². The Hall–Kier alpha value is -2.48. The molecule has 1 unspecified atom stereocenters. The topological polar surface area (TPSA) is 75.6 Å². The van der Waals surface area contributed by atoms with Gasteiger partial charge in [-0.05, 0) is 38.5 Å². The monoisotopic (exact) mass is 275 g/mol. The molecular weight excluding hydrogens is 258 g/mol. The SMILES string of the molecule is C#Cc1cccc(C(NC(=O)OC(C)(C)C)C(=O)O)c1. The van der Waals surface area contributed by atoms with Crippen molar-refractivity contribution in [3.63, 3.8) is 0 Å². The van der Waals surface area contributed by atoms with Crippen LogP contribution in [0.15, 0.2) is 24.3 Å². The number of carboxylic acids is 1. The molecule has 1 atom stereocenters. The van der Waals surface area contributed by atoms with Crippen LogP contribution in [-0.2, 0) is 9.53 Å². The number of benzene rings is 1. The molecule has 1 aromatic carbocycles. The number of ether oxygens (including phenoxy) is 1. The van der Waals surface area contributed by atoms with Gasteiger partial charge in [-0.25, -0.2) is 9.59 Å².